The van der Waals surface area contributed by atoms with Crippen LogP contribution < -0.4 is 10.5 Å². The summed E-state index contributed by atoms with van der Waals surface area (Å²) in [5, 5.41) is 0. The van der Waals surface area contributed by atoms with Crippen LogP contribution in [0, 0.1) is 0 Å². The number of benzene rings is 1. The van der Waals surface area contributed by atoms with Gasteiger partial charge in [0.15, 0.2) is 0 Å². The number of hydrogen-bond acceptors (Lipinski definition) is 3. The molecular formula is C14H20BrClN2O2. The summed E-state index contributed by atoms with van der Waals surface area (Å²) in [5.41, 5.74) is 5.82. The van der Waals surface area contributed by atoms with E-state index >= 15 is 0 Å². The topological polar surface area (TPSA) is 55.6 Å². The van der Waals surface area contributed by atoms with E-state index in [0.717, 1.165) is 36.2 Å². The third-order valence-electron chi connectivity index (χ3n) is 3.30. The van der Waals surface area contributed by atoms with Crippen LogP contribution in [-0.2, 0) is 4.79 Å². The summed E-state index contributed by atoms with van der Waals surface area (Å²) in [7, 11) is 0. The lowest BCUT2D eigenvalue weighted by Crippen LogP contribution is -2.43. The summed E-state index contributed by atoms with van der Waals surface area (Å²) in [5.74, 6) is 0.926. The summed E-state index contributed by atoms with van der Waals surface area (Å²) >= 11 is 3.41. The predicted octanol–water partition coefficient (Wildman–Crippen LogP) is 2.59. The van der Waals surface area contributed by atoms with E-state index in [4.69, 9.17) is 10.5 Å². The van der Waals surface area contributed by atoms with E-state index in [9.17, 15) is 4.79 Å². The molecule has 0 atom stereocenters. The van der Waals surface area contributed by atoms with Crippen molar-refractivity contribution < 1.29 is 9.53 Å². The number of carbonyl (C=O) groups excluding carboxylic acids is 1. The van der Waals surface area contributed by atoms with Crippen molar-refractivity contribution in [3.63, 3.8) is 0 Å². The lowest BCUT2D eigenvalue weighted by molar-refractivity contribution is -0.132. The first-order valence-electron chi connectivity index (χ1n) is 6.57. The van der Waals surface area contributed by atoms with Gasteiger partial charge in [-0.1, -0.05) is 12.1 Å². The van der Waals surface area contributed by atoms with Crippen molar-refractivity contribution in [1.82, 2.24) is 4.90 Å². The summed E-state index contributed by atoms with van der Waals surface area (Å²) in [6, 6.07) is 7.89. The molecule has 0 radical (unpaired) electrons. The van der Waals surface area contributed by atoms with Crippen LogP contribution in [0.15, 0.2) is 28.7 Å². The fraction of sp³-hybridized carbons (Fsp3) is 0.500. The fourth-order valence-electron chi connectivity index (χ4n) is 2.12. The Labute approximate surface area is 134 Å². The van der Waals surface area contributed by atoms with Gasteiger partial charge in [0, 0.05) is 19.1 Å². The fourth-order valence-corrected chi connectivity index (χ4v) is 2.52. The van der Waals surface area contributed by atoms with Crippen LogP contribution in [0.25, 0.3) is 0 Å². The first kappa shape index (κ1) is 17.3. The maximum atomic E-state index is 12.0. The summed E-state index contributed by atoms with van der Waals surface area (Å²) < 4.78 is 6.51. The largest absolute Gasteiger partial charge is 0.492 e. The number of piperidine rings is 1. The number of halogens is 2. The van der Waals surface area contributed by atoms with Crippen molar-refractivity contribution in [2.75, 3.05) is 19.7 Å². The second-order valence-corrected chi connectivity index (χ2v) is 5.60. The number of nitrogens with zero attached hydrogens (tertiary/aromatic N) is 1. The molecule has 2 rings (SSSR count). The van der Waals surface area contributed by atoms with Crippen LogP contribution in [0.3, 0.4) is 0 Å². The number of rotatable bonds is 4. The van der Waals surface area contributed by atoms with Gasteiger partial charge in [0.1, 0.15) is 5.75 Å². The molecular weight excluding hydrogens is 344 g/mol. The number of nitrogens with two attached hydrogens (primary N) is 1. The van der Waals surface area contributed by atoms with Gasteiger partial charge < -0.3 is 15.4 Å². The standard InChI is InChI=1S/C14H19BrN2O2.ClH/c15-12-3-1-2-4-13(12)19-10-7-14(18)17-8-5-11(16)6-9-17;/h1-4,11H,5-10,16H2;1H. The Hall–Kier alpha value is -0.780. The van der Waals surface area contributed by atoms with E-state index in [1.54, 1.807) is 0 Å². The van der Waals surface area contributed by atoms with E-state index < -0.39 is 0 Å². The molecule has 1 fully saturated rings. The molecule has 0 saturated carbocycles. The highest BCUT2D eigenvalue weighted by molar-refractivity contribution is 9.10. The minimum Gasteiger partial charge on any atom is -0.492 e. The van der Waals surface area contributed by atoms with Gasteiger partial charge in [-0.25, -0.2) is 0 Å². The Balaban J connectivity index is 0.00000200. The Morgan fingerprint density at radius 2 is 2.00 bits per heavy atom. The van der Waals surface area contributed by atoms with Gasteiger partial charge in [-0.2, -0.15) is 0 Å². The average molecular weight is 364 g/mol. The van der Waals surface area contributed by atoms with Crippen LogP contribution in [-0.4, -0.2) is 36.5 Å². The number of amides is 1. The maximum Gasteiger partial charge on any atom is 0.225 e. The molecule has 20 heavy (non-hydrogen) atoms. The Kier molecular flexibility index (Phi) is 7.34. The highest BCUT2D eigenvalue weighted by atomic mass is 79.9. The minimum atomic E-state index is 0. The van der Waals surface area contributed by atoms with Crippen molar-refractivity contribution in [2.45, 2.75) is 25.3 Å². The van der Waals surface area contributed by atoms with Gasteiger partial charge in [0.05, 0.1) is 17.5 Å². The van der Waals surface area contributed by atoms with Crippen LogP contribution in [0.2, 0.25) is 0 Å². The van der Waals surface area contributed by atoms with Crippen LogP contribution in [0.5, 0.6) is 5.75 Å². The number of hydrogen-bond donors (Lipinski definition) is 1. The number of likely N-dealkylation sites (tertiary alicyclic amines) is 1. The summed E-state index contributed by atoms with van der Waals surface area (Å²) in [4.78, 5) is 13.9. The lowest BCUT2D eigenvalue weighted by Gasteiger charge is -2.30. The molecule has 0 aromatic heterocycles. The first-order chi connectivity index (χ1) is 9.16. The van der Waals surface area contributed by atoms with E-state index in [0.29, 0.717) is 13.0 Å². The molecule has 0 aliphatic carbocycles. The molecule has 2 N–H and O–H groups in total. The van der Waals surface area contributed by atoms with E-state index in [-0.39, 0.29) is 24.4 Å². The van der Waals surface area contributed by atoms with Crippen LogP contribution in [0.1, 0.15) is 19.3 Å². The summed E-state index contributed by atoms with van der Waals surface area (Å²) in [6.45, 7) is 1.95. The number of carbonyl (C=O) groups is 1. The molecule has 1 saturated heterocycles. The van der Waals surface area contributed by atoms with Crippen molar-refractivity contribution in [3.05, 3.63) is 28.7 Å². The van der Waals surface area contributed by atoms with Gasteiger partial charge in [-0.15, -0.1) is 12.4 Å². The molecule has 0 bridgehead atoms. The number of para-hydroxylation sites is 1. The third-order valence-corrected chi connectivity index (χ3v) is 3.96. The monoisotopic (exact) mass is 362 g/mol. The van der Waals surface area contributed by atoms with Gasteiger partial charge in [-0.3, -0.25) is 4.79 Å². The maximum absolute atomic E-state index is 12.0. The van der Waals surface area contributed by atoms with Gasteiger partial charge in [0.2, 0.25) is 5.91 Å². The molecule has 4 nitrogen and oxygen atoms in total. The molecule has 0 unspecified atom stereocenters. The highest BCUT2D eigenvalue weighted by Gasteiger charge is 2.20. The van der Waals surface area contributed by atoms with Crippen molar-refractivity contribution in [1.29, 1.82) is 0 Å². The zero-order valence-corrected chi connectivity index (χ0v) is 13.7. The van der Waals surface area contributed by atoms with Crippen LogP contribution in [0.4, 0.5) is 0 Å². The lowest BCUT2D eigenvalue weighted by atomic mass is 10.1. The summed E-state index contributed by atoms with van der Waals surface area (Å²) in [6.07, 6.45) is 2.21. The Bertz CT molecular complexity index is 437. The molecule has 1 amide bonds. The second kappa shape index (κ2) is 8.49. The molecule has 1 aliphatic rings. The third kappa shape index (κ3) is 4.96. The van der Waals surface area contributed by atoms with Crippen molar-refractivity contribution in [2.24, 2.45) is 5.73 Å². The predicted molar refractivity (Wildman–Crippen MR) is 85.3 cm³/mol. The molecule has 112 valence electrons. The average Bonchev–Trinajstić information content (AvgIpc) is 2.41. The normalized spacial score (nSPS) is 15.6. The first-order valence-corrected chi connectivity index (χ1v) is 7.37. The molecule has 1 aromatic rings. The van der Waals surface area contributed by atoms with Gasteiger partial charge in [-0.05, 0) is 40.9 Å². The second-order valence-electron chi connectivity index (χ2n) is 4.75. The van der Waals surface area contributed by atoms with E-state index in [1.807, 2.05) is 29.2 Å². The van der Waals surface area contributed by atoms with E-state index in [1.165, 1.54) is 0 Å². The number of ether oxygens (including phenoxy) is 1. The van der Waals surface area contributed by atoms with Gasteiger partial charge >= 0.3 is 0 Å². The van der Waals surface area contributed by atoms with Gasteiger partial charge in [0.25, 0.3) is 0 Å². The molecule has 1 heterocycles. The Morgan fingerprint density at radius 1 is 1.35 bits per heavy atom. The zero-order valence-electron chi connectivity index (χ0n) is 11.3. The zero-order chi connectivity index (χ0) is 13.7. The SMILES string of the molecule is Cl.NC1CCN(C(=O)CCOc2ccccc2Br)CC1. The Morgan fingerprint density at radius 3 is 2.65 bits per heavy atom. The van der Waals surface area contributed by atoms with Crippen molar-refractivity contribution in [3.8, 4) is 5.75 Å². The van der Waals surface area contributed by atoms with E-state index in [2.05, 4.69) is 15.9 Å². The quantitative estimate of drug-likeness (QED) is 0.894. The smallest absolute Gasteiger partial charge is 0.225 e. The molecule has 1 aliphatic heterocycles. The molecule has 6 heteroatoms. The minimum absolute atomic E-state index is 0. The molecule has 0 spiro atoms. The molecule has 1 aromatic carbocycles. The van der Waals surface area contributed by atoms with Crippen LogP contribution >= 0.6 is 28.3 Å². The van der Waals surface area contributed by atoms with Crippen molar-refractivity contribution >= 4 is 34.2 Å². The highest BCUT2D eigenvalue weighted by Crippen LogP contribution is 2.23.